The van der Waals surface area contributed by atoms with Crippen molar-refractivity contribution >= 4 is 0 Å². The molecule has 1 aromatic carbocycles. The van der Waals surface area contributed by atoms with Gasteiger partial charge >= 0.3 is 0 Å². The van der Waals surface area contributed by atoms with Gasteiger partial charge in [-0.15, -0.1) is 0 Å². The van der Waals surface area contributed by atoms with E-state index in [2.05, 4.69) is 0 Å². The highest BCUT2D eigenvalue weighted by atomic mass is 19.1. The minimum absolute atomic E-state index is 0.120. The van der Waals surface area contributed by atoms with E-state index in [9.17, 15) is 9.50 Å². The molecule has 1 unspecified atom stereocenters. The fraction of sp³-hybridized carbons (Fsp3) is 0.600. The third-order valence-electron chi connectivity index (χ3n) is 4.05. The van der Waals surface area contributed by atoms with E-state index in [0.29, 0.717) is 5.56 Å². The average Bonchev–Trinajstić information content (AvgIpc) is 2.58. The lowest BCUT2D eigenvalue weighted by Crippen LogP contribution is -2.26. The Morgan fingerprint density at radius 3 is 2.12 bits per heavy atom. The van der Waals surface area contributed by atoms with E-state index < -0.39 is 5.67 Å². The molecule has 1 aliphatic carbocycles. The van der Waals surface area contributed by atoms with Crippen LogP contribution in [-0.4, -0.2) is 5.11 Å². The van der Waals surface area contributed by atoms with Crippen LogP contribution in [0.25, 0.3) is 0 Å². The van der Waals surface area contributed by atoms with E-state index in [4.69, 9.17) is 0 Å². The molecule has 94 valence electrons. The van der Waals surface area contributed by atoms with Gasteiger partial charge in [0.15, 0.2) is 0 Å². The van der Waals surface area contributed by atoms with Crippen molar-refractivity contribution in [2.24, 2.45) is 5.92 Å². The lowest BCUT2D eigenvalue weighted by atomic mass is 9.80. The monoisotopic (exact) mass is 236 g/mol. The summed E-state index contributed by atoms with van der Waals surface area (Å²) in [7, 11) is 0. The van der Waals surface area contributed by atoms with Crippen LogP contribution in [0.3, 0.4) is 0 Å². The third kappa shape index (κ3) is 2.80. The largest absolute Gasteiger partial charge is 0.508 e. The normalized spacial score (nSPS) is 21.8. The molecule has 17 heavy (non-hydrogen) atoms. The SMILES string of the molecule is CC(F)(c1ccc(O)cc1)C1CCCCCC1. The van der Waals surface area contributed by atoms with Crippen molar-refractivity contribution in [1.29, 1.82) is 0 Å². The van der Waals surface area contributed by atoms with Crippen molar-refractivity contribution in [3.8, 4) is 5.75 Å². The molecule has 2 heteroatoms. The molecule has 1 aromatic rings. The zero-order chi connectivity index (χ0) is 12.3. The van der Waals surface area contributed by atoms with Gasteiger partial charge in [-0.1, -0.05) is 37.8 Å². The Labute approximate surface area is 103 Å². The first kappa shape index (κ1) is 12.4. The molecule has 0 heterocycles. The van der Waals surface area contributed by atoms with Gasteiger partial charge in [-0.3, -0.25) is 0 Å². The molecule has 0 aliphatic heterocycles. The standard InChI is InChI=1S/C15H21FO/c1-15(16,12-6-4-2-3-5-7-12)13-8-10-14(17)11-9-13/h8-12,17H,2-7H2,1H3. The van der Waals surface area contributed by atoms with Gasteiger partial charge in [-0.25, -0.2) is 4.39 Å². The van der Waals surface area contributed by atoms with Crippen molar-refractivity contribution in [2.75, 3.05) is 0 Å². The second-order valence-electron chi connectivity index (χ2n) is 5.31. The maximum absolute atomic E-state index is 14.9. The summed E-state index contributed by atoms with van der Waals surface area (Å²) < 4.78 is 14.9. The molecule has 1 fully saturated rings. The summed E-state index contributed by atoms with van der Waals surface area (Å²) in [5.41, 5.74) is -0.569. The van der Waals surface area contributed by atoms with Crippen LogP contribution in [0, 0.1) is 5.92 Å². The van der Waals surface area contributed by atoms with Crippen LogP contribution in [0.15, 0.2) is 24.3 Å². The molecule has 1 nitrogen and oxygen atoms in total. The number of alkyl halides is 1. The number of hydrogen-bond donors (Lipinski definition) is 1. The number of phenols is 1. The number of benzene rings is 1. The van der Waals surface area contributed by atoms with Crippen molar-refractivity contribution in [1.82, 2.24) is 0 Å². The summed E-state index contributed by atoms with van der Waals surface area (Å²) in [6.45, 7) is 1.69. The van der Waals surface area contributed by atoms with Gasteiger partial charge < -0.3 is 5.11 Å². The van der Waals surface area contributed by atoms with Crippen LogP contribution in [0.1, 0.15) is 51.0 Å². The lowest BCUT2D eigenvalue weighted by Gasteiger charge is -2.30. The summed E-state index contributed by atoms with van der Waals surface area (Å²) in [4.78, 5) is 0. The number of aromatic hydroxyl groups is 1. The van der Waals surface area contributed by atoms with Crippen LogP contribution in [-0.2, 0) is 5.67 Å². The predicted molar refractivity (Wildman–Crippen MR) is 67.8 cm³/mol. The molecule has 0 spiro atoms. The van der Waals surface area contributed by atoms with Gasteiger partial charge in [0, 0.05) is 0 Å². The molecule has 1 N–H and O–H groups in total. The van der Waals surface area contributed by atoms with E-state index >= 15 is 0 Å². The molecule has 0 aromatic heterocycles. The topological polar surface area (TPSA) is 20.2 Å². The molecule has 0 amide bonds. The van der Waals surface area contributed by atoms with Crippen LogP contribution >= 0.6 is 0 Å². The number of phenolic OH excluding ortho intramolecular Hbond substituents is 1. The molecule has 1 atom stereocenters. The zero-order valence-electron chi connectivity index (χ0n) is 10.5. The minimum atomic E-state index is -1.27. The Hall–Kier alpha value is -1.05. The van der Waals surface area contributed by atoms with Crippen LogP contribution < -0.4 is 0 Å². The maximum Gasteiger partial charge on any atom is 0.136 e. The Balaban J connectivity index is 2.18. The second-order valence-corrected chi connectivity index (χ2v) is 5.31. The molecule has 0 radical (unpaired) electrons. The quantitative estimate of drug-likeness (QED) is 0.747. The fourth-order valence-corrected chi connectivity index (χ4v) is 2.84. The highest BCUT2D eigenvalue weighted by molar-refractivity contribution is 5.30. The Morgan fingerprint density at radius 2 is 1.59 bits per heavy atom. The average molecular weight is 236 g/mol. The van der Waals surface area contributed by atoms with Crippen molar-refractivity contribution in [3.05, 3.63) is 29.8 Å². The van der Waals surface area contributed by atoms with Gasteiger partial charge in [-0.2, -0.15) is 0 Å². The van der Waals surface area contributed by atoms with Gasteiger partial charge in [-0.05, 0) is 43.4 Å². The summed E-state index contributed by atoms with van der Waals surface area (Å²) >= 11 is 0. The van der Waals surface area contributed by atoms with Crippen molar-refractivity contribution in [2.45, 2.75) is 51.1 Å². The van der Waals surface area contributed by atoms with E-state index in [0.717, 1.165) is 25.7 Å². The number of hydrogen-bond acceptors (Lipinski definition) is 1. The molecule has 2 rings (SSSR count). The first-order valence-electron chi connectivity index (χ1n) is 6.59. The van der Waals surface area contributed by atoms with Gasteiger partial charge in [0.25, 0.3) is 0 Å². The Morgan fingerprint density at radius 1 is 1.06 bits per heavy atom. The third-order valence-corrected chi connectivity index (χ3v) is 4.05. The van der Waals surface area contributed by atoms with Crippen molar-refractivity contribution < 1.29 is 9.50 Å². The zero-order valence-corrected chi connectivity index (χ0v) is 10.5. The smallest absolute Gasteiger partial charge is 0.136 e. The summed E-state index contributed by atoms with van der Waals surface area (Å²) in [5.74, 6) is 0.319. The predicted octanol–water partition coefficient (Wildman–Crippen LogP) is 4.55. The van der Waals surface area contributed by atoms with E-state index in [1.165, 1.54) is 12.8 Å². The Kier molecular flexibility index (Phi) is 3.70. The molecule has 0 bridgehead atoms. The highest BCUT2D eigenvalue weighted by Gasteiger charge is 2.35. The Bertz CT molecular complexity index is 348. The molecular weight excluding hydrogens is 215 g/mol. The second kappa shape index (κ2) is 5.07. The molecule has 0 saturated heterocycles. The van der Waals surface area contributed by atoms with Gasteiger partial charge in [0.2, 0.25) is 0 Å². The van der Waals surface area contributed by atoms with E-state index in [-0.39, 0.29) is 11.7 Å². The van der Waals surface area contributed by atoms with Gasteiger partial charge in [0.1, 0.15) is 11.4 Å². The van der Waals surface area contributed by atoms with Crippen LogP contribution in [0.4, 0.5) is 4.39 Å². The van der Waals surface area contributed by atoms with Crippen molar-refractivity contribution in [3.63, 3.8) is 0 Å². The highest BCUT2D eigenvalue weighted by Crippen LogP contribution is 2.41. The summed E-state index contributed by atoms with van der Waals surface area (Å²) in [6, 6.07) is 6.56. The van der Waals surface area contributed by atoms with E-state index in [1.54, 1.807) is 31.2 Å². The van der Waals surface area contributed by atoms with Crippen LogP contribution in [0.2, 0.25) is 0 Å². The first-order valence-corrected chi connectivity index (χ1v) is 6.59. The van der Waals surface area contributed by atoms with E-state index in [1.807, 2.05) is 0 Å². The van der Waals surface area contributed by atoms with Crippen LogP contribution in [0.5, 0.6) is 5.75 Å². The first-order chi connectivity index (χ1) is 8.10. The van der Waals surface area contributed by atoms with Gasteiger partial charge in [0.05, 0.1) is 0 Å². The fourth-order valence-electron chi connectivity index (χ4n) is 2.84. The summed E-state index contributed by atoms with van der Waals surface area (Å²) in [6.07, 6.45) is 6.72. The maximum atomic E-state index is 14.9. The number of rotatable bonds is 2. The minimum Gasteiger partial charge on any atom is -0.508 e. The molecular formula is C15H21FO. The lowest BCUT2D eigenvalue weighted by molar-refractivity contribution is 0.0887. The molecule has 1 saturated carbocycles. The molecule has 1 aliphatic rings. The summed E-state index contributed by atoms with van der Waals surface area (Å²) in [5, 5.41) is 9.26. The number of halogens is 1.